The minimum Gasteiger partial charge on any atom is -0.456 e. The van der Waals surface area contributed by atoms with Gasteiger partial charge in [-0.05, 0) is 118 Å². The second-order valence-corrected chi connectivity index (χ2v) is 18.2. The van der Waals surface area contributed by atoms with Crippen LogP contribution in [0.2, 0.25) is 0 Å². The van der Waals surface area contributed by atoms with Crippen LogP contribution in [0.3, 0.4) is 0 Å². The van der Waals surface area contributed by atoms with Crippen molar-refractivity contribution in [1.82, 2.24) is 4.57 Å². The second-order valence-electron chi connectivity index (χ2n) is 18.2. The van der Waals surface area contributed by atoms with Gasteiger partial charge in [0.2, 0.25) is 0 Å². The Labute approximate surface area is 394 Å². The van der Waals surface area contributed by atoms with E-state index in [0.29, 0.717) is 0 Å². The average molecular weight is 869 g/mol. The van der Waals surface area contributed by atoms with Crippen molar-refractivity contribution in [2.75, 3.05) is 4.90 Å². The number of aromatic nitrogens is 1. The largest absolute Gasteiger partial charge is 0.456 e. The Hall–Kier alpha value is -8.66. The molecule has 1 atom stereocenters. The number of anilines is 3. The third-order valence-electron chi connectivity index (χ3n) is 14.6. The lowest BCUT2D eigenvalue weighted by Gasteiger charge is -2.36. The zero-order valence-electron chi connectivity index (χ0n) is 37.3. The Morgan fingerprint density at radius 1 is 0.485 bits per heavy atom. The van der Waals surface area contributed by atoms with Gasteiger partial charge in [-0.2, -0.15) is 0 Å². The van der Waals surface area contributed by atoms with E-state index in [4.69, 9.17) is 4.42 Å². The summed E-state index contributed by atoms with van der Waals surface area (Å²) in [5, 5.41) is 7.00. The van der Waals surface area contributed by atoms with E-state index in [1.54, 1.807) is 0 Å². The summed E-state index contributed by atoms with van der Waals surface area (Å²) in [5.74, 6) is 0. The van der Waals surface area contributed by atoms with Gasteiger partial charge in [0.25, 0.3) is 0 Å². The monoisotopic (exact) mass is 868 g/mol. The Kier molecular flexibility index (Phi) is 8.63. The molecule has 14 rings (SSSR count). The number of fused-ring (bicyclic) bond motifs is 11. The van der Waals surface area contributed by atoms with Crippen LogP contribution in [-0.4, -0.2) is 4.57 Å². The molecule has 2 heterocycles. The third-order valence-corrected chi connectivity index (χ3v) is 14.6. The molecule has 0 fully saturated rings. The summed E-state index contributed by atoms with van der Waals surface area (Å²) in [6.45, 7) is 0. The van der Waals surface area contributed by atoms with Crippen molar-refractivity contribution in [3.63, 3.8) is 0 Å². The molecule has 0 aliphatic heterocycles. The highest BCUT2D eigenvalue weighted by molar-refractivity contribution is 6.25. The van der Waals surface area contributed by atoms with Crippen LogP contribution in [0.1, 0.15) is 29.5 Å². The normalized spacial score (nSPS) is 15.3. The van der Waals surface area contributed by atoms with E-state index in [9.17, 15) is 0 Å². The van der Waals surface area contributed by atoms with Crippen LogP contribution >= 0.6 is 0 Å². The molecule has 3 heteroatoms. The van der Waals surface area contributed by atoms with Crippen molar-refractivity contribution in [2.45, 2.75) is 18.3 Å². The van der Waals surface area contributed by atoms with Crippen molar-refractivity contribution >= 4 is 71.6 Å². The summed E-state index contributed by atoms with van der Waals surface area (Å²) in [6, 6.07) is 82.4. The van der Waals surface area contributed by atoms with Crippen molar-refractivity contribution in [2.24, 2.45) is 0 Å². The van der Waals surface area contributed by atoms with Crippen molar-refractivity contribution < 1.29 is 4.42 Å². The van der Waals surface area contributed by atoms with Crippen molar-refractivity contribution in [3.05, 3.63) is 265 Å². The smallest absolute Gasteiger partial charge is 0.137 e. The van der Waals surface area contributed by atoms with E-state index in [0.717, 1.165) is 63.0 Å². The molecule has 10 aromatic carbocycles. The molecule has 3 nitrogen and oxygen atoms in total. The molecular weight excluding hydrogens is 825 g/mol. The number of hydrogen-bond donors (Lipinski definition) is 0. The maximum atomic E-state index is 6.56. The zero-order valence-corrected chi connectivity index (χ0v) is 37.3. The number of nitrogens with zero attached hydrogens (tertiary/aromatic N) is 2. The quantitative estimate of drug-likeness (QED) is 0.159. The lowest BCUT2D eigenvalue weighted by molar-refractivity contribution is 0.669. The topological polar surface area (TPSA) is 21.3 Å². The molecule has 0 spiro atoms. The van der Waals surface area contributed by atoms with E-state index in [-0.39, 0.29) is 0 Å². The maximum absolute atomic E-state index is 6.56. The van der Waals surface area contributed by atoms with Gasteiger partial charge in [-0.25, -0.2) is 0 Å². The van der Waals surface area contributed by atoms with E-state index in [1.807, 2.05) is 0 Å². The Balaban J connectivity index is 1.10. The van der Waals surface area contributed by atoms with Gasteiger partial charge < -0.3 is 13.9 Å². The Bertz CT molecular complexity index is 4030. The van der Waals surface area contributed by atoms with Crippen LogP contribution in [0.5, 0.6) is 0 Å². The van der Waals surface area contributed by atoms with E-state index >= 15 is 0 Å². The highest BCUT2D eigenvalue weighted by Crippen LogP contribution is 2.60. The molecule has 0 radical (unpaired) electrons. The number of allylic oxidation sites excluding steroid dienone is 4. The summed E-state index contributed by atoms with van der Waals surface area (Å²) in [7, 11) is 0. The first-order valence-corrected chi connectivity index (χ1v) is 23.7. The molecule has 320 valence electrons. The van der Waals surface area contributed by atoms with Gasteiger partial charge in [-0.15, -0.1) is 0 Å². The van der Waals surface area contributed by atoms with Gasteiger partial charge >= 0.3 is 0 Å². The fraction of sp³-hybridized carbons (Fsp3) is 0.0462. The molecule has 1 unspecified atom stereocenters. The van der Waals surface area contributed by atoms with Gasteiger partial charge in [0.15, 0.2) is 0 Å². The van der Waals surface area contributed by atoms with Crippen LogP contribution in [0, 0.1) is 0 Å². The van der Waals surface area contributed by atoms with Crippen LogP contribution in [0.25, 0.3) is 82.5 Å². The average Bonchev–Trinajstić information content (AvgIpc) is 4.07. The number of rotatable bonds is 7. The molecule has 0 amide bonds. The maximum Gasteiger partial charge on any atom is 0.137 e. The van der Waals surface area contributed by atoms with Crippen LogP contribution in [0.4, 0.5) is 17.1 Å². The molecular formula is C65H44N2O. The first-order valence-electron chi connectivity index (χ1n) is 23.7. The SMILES string of the molecule is C1=CC(C2(c3ccccc3)c3ccccc3-c3c(N(c4ccccc4)c4ccc5c(c4)c4c(-c6ccccc6)cc6ccccc6c4n5-c4cccc5oc6ccccc6c45)cccc32)=CCC1. The Morgan fingerprint density at radius 3 is 2.03 bits per heavy atom. The van der Waals surface area contributed by atoms with Crippen molar-refractivity contribution in [3.8, 4) is 27.9 Å². The molecule has 0 bridgehead atoms. The summed E-state index contributed by atoms with van der Waals surface area (Å²) in [5.41, 5.74) is 18.1. The molecule has 0 N–H and O–H groups in total. The molecule has 2 aromatic heterocycles. The third kappa shape index (κ3) is 5.53. The minimum atomic E-state index is -0.482. The molecule has 12 aromatic rings. The summed E-state index contributed by atoms with van der Waals surface area (Å²) in [4.78, 5) is 2.50. The zero-order chi connectivity index (χ0) is 44.8. The number of hydrogen-bond acceptors (Lipinski definition) is 2. The summed E-state index contributed by atoms with van der Waals surface area (Å²) in [6.07, 6.45) is 9.29. The predicted octanol–water partition coefficient (Wildman–Crippen LogP) is 17.6. The van der Waals surface area contributed by atoms with Crippen LogP contribution < -0.4 is 4.90 Å². The van der Waals surface area contributed by atoms with Crippen LogP contribution in [-0.2, 0) is 5.41 Å². The predicted molar refractivity (Wildman–Crippen MR) is 284 cm³/mol. The molecule has 0 saturated heterocycles. The van der Waals surface area contributed by atoms with E-state index in [1.165, 1.54) is 71.6 Å². The minimum absolute atomic E-state index is 0.482. The standard InChI is InChI=1S/C65H44N2O/c1-5-21-43(22-6-1)52-41-44-23-13-14-30-49(44)64-61(52)53-42-48(39-40-56(53)67(64)58-36-20-38-60-63(58)51-32-16-18-37-59(51)68-60)66(47-28-11-4-12-29-47)57-35-19-34-55-62(57)50-31-15-17-33-54(50)65(55,45-24-7-2-8-25-45)46-26-9-3-10-27-46/h1-2,4-9,11-42H,3,10H2. The first kappa shape index (κ1) is 38.6. The van der Waals surface area contributed by atoms with Gasteiger partial charge in [0.1, 0.15) is 11.2 Å². The fourth-order valence-electron chi connectivity index (χ4n) is 11.9. The highest BCUT2D eigenvalue weighted by atomic mass is 16.3. The van der Waals surface area contributed by atoms with E-state index in [2.05, 4.69) is 252 Å². The van der Waals surface area contributed by atoms with Gasteiger partial charge in [-0.1, -0.05) is 182 Å². The molecule has 0 saturated carbocycles. The Morgan fingerprint density at radius 2 is 1.19 bits per heavy atom. The van der Waals surface area contributed by atoms with Gasteiger partial charge in [-0.3, -0.25) is 0 Å². The van der Waals surface area contributed by atoms with E-state index < -0.39 is 5.41 Å². The fourth-order valence-corrected chi connectivity index (χ4v) is 11.9. The molecule has 2 aliphatic rings. The number of furan rings is 1. The van der Waals surface area contributed by atoms with Crippen LogP contribution in [0.15, 0.2) is 253 Å². The number of benzene rings is 10. The van der Waals surface area contributed by atoms with Gasteiger partial charge in [0.05, 0.1) is 33.2 Å². The summed E-state index contributed by atoms with van der Waals surface area (Å²) >= 11 is 0. The van der Waals surface area contributed by atoms with Gasteiger partial charge in [0, 0.05) is 38.5 Å². The lowest BCUT2D eigenvalue weighted by Crippen LogP contribution is -2.29. The van der Waals surface area contributed by atoms with Crippen molar-refractivity contribution in [1.29, 1.82) is 0 Å². The highest BCUT2D eigenvalue weighted by Gasteiger charge is 2.48. The second kappa shape index (κ2) is 15.2. The number of para-hydroxylation sites is 2. The molecule has 2 aliphatic carbocycles. The summed E-state index contributed by atoms with van der Waals surface area (Å²) < 4.78 is 9.07. The molecule has 68 heavy (non-hydrogen) atoms. The lowest BCUT2D eigenvalue weighted by atomic mass is 9.66. The first-order chi connectivity index (χ1) is 33.8.